The highest BCUT2D eigenvalue weighted by Crippen LogP contribution is 2.15. The minimum atomic E-state index is -1.43. The van der Waals surface area contributed by atoms with Gasteiger partial charge in [-0.15, -0.1) is 0 Å². The van der Waals surface area contributed by atoms with Gasteiger partial charge in [0.05, 0.1) is 26.4 Å². The normalized spacial score (nSPS) is 13.5. The van der Waals surface area contributed by atoms with Crippen LogP contribution >= 0.6 is 11.6 Å². The summed E-state index contributed by atoms with van der Waals surface area (Å²) in [6, 6.07) is 9.50. The molecular weight excluding hydrogens is 312 g/mol. The second-order valence-corrected chi connectivity index (χ2v) is 4.87. The summed E-state index contributed by atoms with van der Waals surface area (Å²) in [7, 11) is 1.59. The van der Waals surface area contributed by atoms with Gasteiger partial charge in [-0.1, -0.05) is 41.9 Å². The summed E-state index contributed by atoms with van der Waals surface area (Å²) in [5.74, 6) is 0. The topological polar surface area (TPSA) is 74.2 Å². The van der Waals surface area contributed by atoms with Crippen molar-refractivity contribution in [2.24, 2.45) is 0 Å². The number of alkyl halides is 1. The predicted octanol–water partition coefficient (Wildman–Crippen LogP) is 2.54. The third-order valence-electron chi connectivity index (χ3n) is 2.78. The van der Waals surface area contributed by atoms with E-state index in [0.717, 1.165) is 5.56 Å². The molecule has 1 aromatic rings. The van der Waals surface area contributed by atoms with Crippen LogP contribution in [-0.2, 0) is 25.4 Å². The van der Waals surface area contributed by atoms with Gasteiger partial charge in [-0.3, -0.25) is 0 Å². The SMILES string of the molecule is COCCOCCOC(Cc1ccccc1)C(Cl)OC(=O)O. The quantitative estimate of drug-likeness (QED) is 0.381. The van der Waals surface area contributed by atoms with Gasteiger partial charge in [0.2, 0.25) is 5.56 Å². The highest BCUT2D eigenvalue weighted by atomic mass is 35.5. The smallest absolute Gasteiger partial charge is 0.450 e. The van der Waals surface area contributed by atoms with Crippen LogP contribution in [-0.4, -0.2) is 56.5 Å². The van der Waals surface area contributed by atoms with E-state index in [0.29, 0.717) is 26.2 Å². The standard InChI is InChI=1S/C15H21ClO6/c1-19-7-8-20-9-10-21-13(14(16)22-15(17)18)11-12-5-3-2-4-6-12/h2-6,13-14H,7-11H2,1H3,(H,17,18). The number of methoxy groups -OCH3 is 1. The number of hydrogen-bond acceptors (Lipinski definition) is 5. The van der Waals surface area contributed by atoms with Crippen LogP contribution in [0.4, 0.5) is 4.79 Å². The van der Waals surface area contributed by atoms with E-state index in [2.05, 4.69) is 4.74 Å². The van der Waals surface area contributed by atoms with Crippen molar-refractivity contribution >= 4 is 17.8 Å². The van der Waals surface area contributed by atoms with Crippen LogP contribution in [0.5, 0.6) is 0 Å². The molecule has 0 saturated heterocycles. The van der Waals surface area contributed by atoms with E-state index >= 15 is 0 Å². The Labute approximate surface area is 134 Å². The van der Waals surface area contributed by atoms with Gasteiger partial charge in [0, 0.05) is 13.5 Å². The second-order valence-electron chi connectivity index (χ2n) is 4.44. The third kappa shape index (κ3) is 8.19. The second kappa shape index (κ2) is 11.3. The number of benzene rings is 1. The Kier molecular flexibility index (Phi) is 9.57. The molecule has 0 aliphatic heterocycles. The van der Waals surface area contributed by atoms with Crippen LogP contribution < -0.4 is 0 Å². The molecular formula is C15H21ClO6. The van der Waals surface area contributed by atoms with Crippen LogP contribution in [0.3, 0.4) is 0 Å². The third-order valence-corrected chi connectivity index (χ3v) is 3.15. The molecule has 0 aliphatic rings. The fourth-order valence-electron chi connectivity index (χ4n) is 1.75. The molecule has 2 atom stereocenters. The number of hydrogen-bond donors (Lipinski definition) is 1. The molecule has 2 unspecified atom stereocenters. The lowest BCUT2D eigenvalue weighted by molar-refractivity contribution is -0.0465. The van der Waals surface area contributed by atoms with Gasteiger partial charge in [0.15, 0.2) is 0 Å². The molecule has 1 rings (SSSR count). The van der Waals surface area contributed by atoms with Crippen LogP contribution in [0.1, 0.15) is 5.56 Å². The van der Waals surface area contributed by atoms with Gasteiger partial charge in [-0.2, -0.15) is 0 Å². The Bertz CT molecular complexity index is 414. The zero-order valence-electron chi connectivity index (χ0n) is 12.4. The predicted molar refractivity (Wildman–Crippen MR) is 81.3 cm³/mol. The summed E-state index contributed by atoms with van der Waals surface area (Å²) in [6.45, 7) is 1.63. The Morgan fingerprint density at radius 3 is 2.50 bits per heavy atom. The van der Waals surface area contributed by atoms with E-state index < -0.39 is 17.8 Å². The molecule has 0 heterocycles. The first kappa shape index (κ1) is 18.7. The van der Waals surface area contributed by atoms with E-state index in [1.54, 1.807) is 7.11 Å². The molecule has 7 heteroatoms. The van der Waals surface area contributed by atoms with Gasteiger partial charge in [-0.25, -0.2) is 4.79 Å². The zero-order valence-corrected chi connectivity index (χ0v) is 13.2. The molecule has 1 aromatic carbocycles. The van der Waals surface area contributed by atoms with Crippen molar-refractivity contribution < 1.29 is 28.8 Å². The molecule has 22 heavy (non-hydrogen) atoms. The maximum Gasteiger partial charge on any atom is 0.507 e. The van der Waals surface area contributed by atoms with Gasteiger partial charge in [-0.05, 0) is 5.56 Å². The maximum absolute atomic E-state index is 10.6. The van der Waals surface area contributed by atoms with Crippen molar-refractivity contribution in [3.63, 3.8) is 0 Å². The lowest BCUT2D eigenvalue weighted by Crippen LogP contribution is -2.32. The molecule has 0 bridgehead atoms. The Morgan fingerprint density at radius 2 is 1.86 bits per heavy atom. The number of carboxylic acid groups (broad SMARTS) is 1. The Morgan fingerprint density at radius 1 is 1.18 bits per heavy atom. The molecule has 0 fully saturated rings. The lowest BCUT2D eigenvalue weighted by atomic mass is 10.1. The van der Waals surface area contributed by atoms with Crippen molar-refractivity contribution in [3.05, 3.63) is 35.9 Å². The van der Waals surface area contributed by atoms with Crippen LogP contribution in [0.15, 0.2) is 30.3 Å². The van der Waals surface area contributed by atoms with E-state index in [1.165, 1.54) is 0 Å². The summed E-state index contributed by atoms with van der Waals surface area (Å²) < 4.78 is 20.3. The Balaban J connectivity index is 2.45. The van der Waals surface area contributed by atoms with E-state index in [9.17, 15) is 4.79 Å². The van der Waals surface area contributed by atoms with Crippen molar-refractivity contribution in [3.8, 4) is 0 Å². The molecule has 0 radical (unpaired) electrons. The number of rotatable bonds is 11. The zero-order chi connectivity index (χ0) is 16.2. The average Bonchev–Trinajstić information content (AvgIpc) is 2.50. The first-order valence-corrected chi connectivity index (χ1v) is 7.33. The van der Waals surface area contributed by atoms with E-state index in [1.807, 2.05) is 30.3 Å². The van der Waals surface area contributed by atoms with Gasteiger partial charge < -0.3 is 24.1 Å². The molecule has 0 aromatic heterocycles. The fraction of sp³-hybridized carbons (Fsp3) is 0.533. The van der Waals surface area contributed by atoms with Crippen molar-refractivity contribution in [1.82, 2.24) is 0 Å². The number of halogens is 1. The molecule has 0 spiro atoms. The number of ether oxygens (including phenoxy) is 4. The van der Waals surface area contributed by atoms with E-state index in [4.69, 9.17) is 30.9 Å². The molecule has 124 valence electrons. The van der Waals surface area contributed by atoms with E-state index in [-0.39, 0.29) is 6.61 Å². The molecule has 0 amide bonds. The minimum absolute atomic E-state index is 0.285. The Hall–Kier alpha value is -1.34. The highest BCUT2D eigenvalue weighted by molar-refractivity contribution is 6.20. The summed E-state index contributed by atoms with van der Waals surface area (Å²) in [6.07, 6.45) is -1.58. The number of carbonyl (C=O) groups is 1. The van der Waals surface area contributed by atoms with Gasteiger partial charge in [0.25, 0.3) is 0 Å². The highest BCUT2D eigenvalue weighted by Gasteiger charge is 2.24. The molecule has 0 saturated carbocycles. The summed E-state index contributed by atoms with van der Waals surface area (Å²) in [4.78, 5) is 10.6. The van der Waals surface area contributed by atoms with Crippen LogP contribution in [0.25, 0.3) is 0 Å². The molecule has 6 nitrogen and oxygen atoms in total. The summed E-state index contributed by atoms with van der Waals surface area (Å²) in [5.41, 5.74) is -0.107. The molecule has 1 N–H and O–H groups in total. The van der Waals surface area contributed by atoms with Crippen LogP contribution in [0, 0.1) is 0 Å². The lowest BCUT2D eigenvalue weighted by Gasteiger charge is -2.22. The summed E-state index contributed by atoms with van der Waals surface area (Å²) in [5, 5.41) is 8.67. The van der Waals surface area contributed by atoms with Crippen molar-refractivity contribution in [2.75, 3.05) is 33.5 Å². The average molecular weight is 333 g/mol. The van der Waals surface area contributed by atoms with Gasteiger partial charge in [0.1, 0.15) is 6.10 Å². The summed E-state index contributed by atoms with van der Waals surface area (Å²) >= 11 is 5.97. The first-order valence-electron chi connectivity index (χ1n) is 6.89. The minimum Gasteiger partial charge on any atom is -0.450 e. The fourth-order valence-corrected chi connectivity index (χ4v) is 1.99. The first-order chi connectivity index (χ1) is 10.6. The van der Waals surface area contributed by atoms with Gasteiger partial charge >= 0.3 is 6.16 Å². The van der Waals surface area contributed by atoms with Crippen LogP contribution in [0.2, 0.25) is 0 Å². The van der Waals surface area contributed by atoms with Crippen molar-refractivity contribution in [2.45, 2.75) is 18.1 Å². The monoisotopic (exact) mass is 332 g/mol. The maximum atomic E-state index is 10.6. The molecule has 0 aliphatic carbocycles. The largest absolute Gasteiger partial charge is 0.507 e. The van der Waals surface area contributed by atoms with Crippen molar-refractivity contribution in [1.29, 1.82) is 0 Å².